The predicted molar refractivity (Wildman–Crippen MR) is 91.9 cm³/mol. The van der Waals surface area contributed by atoms with Gasteiger partial charge in [0.05, 0.1) is 0 Å². The second-order valence-corrected chi connectivity index (χ2v) is 8.72. The number of thiophene rings is 1. The smallest absolute Gasteiger partial charge is 0.223 e. The molecule has 22 heavy (non-hydrogen) atoms. The number of carbonyl (C=O) groups excluding carboxylic acids is 1. The van der Waals surface area contributed by atoms with Gasteiger partial charge in [0.1, 0.15) is 0 Å². The molecule has 122 valence electrons. The van der Waals surface area contributed by atoms with Crippen LogP contribution in [0, 0.1) is 17.8 Å². The monoisotopic (exact) mass is 320 g/mol. The van der Waals surface area contributed by atoms with Crippen molar-refractivity contribution in [2.45, 2.75) is 57.4 Å². The van der Waals surface area contributed by atoms with E-state index in [9.17, 15) is 4.79 Å². The third-order valence-corrected chi connectivity index (χ3v) is 6.91. The molecule has 0 aliphatic heterocycles. The van der Waals surface area contributed by atoms with Crippen LogP contribution in [0.15, 0.2) is 17.5 Å². The molecule has 3 nitrogen and oxygen atoms in total. The Morgan fingerprint density at radius 3 is 2.64 bits per heavy atom. The van der Waals surface area contributed by atoms with Crippen molar-refractivity contribution in [3.8, 4) is 0 Å². The zero-order valence-corrected chi connectivity index (χ0v) is 14.5. The molecule has 0 aromatic carbocycles. The molecular formula is C18H28N2OS. The Morgan fingerprint density at radius 2 is 2.05 bits per heavy atom. The summed E-state index contributed by atoms with van der Waals surface area (Å²) in [5.74, 6) is 1.55. The largest absolute Gasteiger partial charge is 0.355 e. The van der Waals surface area contributed by atoms with Crippen LogP contribution in [0.4, 0.5) is 0 Å². The first-order chi connectivity index (χ1) is 10.5. The first-order valence-electron chi connectivity index (χ1n) is 8.54. The van der Waals surface area contributed by atoms with Crippen LogP contribution >= 0.6 is 11.3 Å². The van der Waals surface area contributed by atoms with Crippen LogP contribution < -0.4 is 11.1 Å². The van der Waals surface area contributed by atoms with E-state index in [0.717, 1.165) is 12.8 Å². The Balaban J connectivity index is 1.56. The lowest BCUT2D eigenvalue weighted by atomic mass is 9.65. The summed E-state index contributed by atoms with van der Waals surface area (Å²) in [7, 11) is 0. The molecule has 1 heterocycles. The number of hydrogen-bond acceptors (Lipinski definition) is 3. The molecule has 2 atom stereocenters. The minimum absolute atomic E-state index is 0.00473. The van der Waals surface area contributed by atoms with Gasteiger partial charge in [0.15, 0.2) is 0 Å². The first-order valence-corrected chi connectivity index (χ1v) is 9.42. The SMILES string of the molecule is CC(C)(CNC(=O)C1CC2CCCC(C1)C2N)c1cccs1. The normalized spacial score (nSPS) is 31.8. The van der Waals surface area contributed by atoms with Gasteiger partial charge >= 0.3 is 0 Å². The van der Waals surface area contributed by atoms with E-state index in [0.29, 0.717) is 24.4 Å². The Labute approximate surface area is 137 Å². The Kier molecular flexibility index (Phi) is 4.60. The second-order valence-electron chi connectivity index (χ2n) is 7.78. The topological polar surface area (TPSA) is 55.1 Å². The highest BCUT2D eigenvalue weighted by molar-refractivity contribution is 7.10. The lowest BCUT2D eigenvalue weighted by molar-refractivity contribution is -0.128. The van der Waals surface area contributed by atoms with Crippen molar-refractivity contribution >= 4 is 17.2 Å². The molecule has 3 rings (SSSR count). The van der Waals surface area contributed by atoms with E-state index >= 15 is 0 Å². The molecule has 4 heteroatoms. The van der Waals surface area contributed by atoms with Crippen LogP contribution in [-0.4, -0.2) is 18.5 Å². The average Bonchev–Trinajstić information content (AvgIpc) is 2.99. The summed E-state index contributed by atoms with van der Waals surface area (Å²) >= 11 is 1.76. The van der Waals surface area contributed by atoms with Gasteiger partial charge in [0.2, 0.25) is 5.91 Å². The number of carbonyl (C=O) groups is 1. The lowest BCUT2D eigenvalue weighted by Gasteiger charge is -2.43. The van der Waals surface area contributed by atoms with Crippen molar-refractivity contribution in [1.82, 2.24) is 5.32 Å². The van der Waals surface area contributed by atoms with Gasteiger partial charge in [0.25, 0.3) is 0 Å². The number of amides is 1. The quantitative estimate of drug-likeness (QED) is 0.894. The molecular weight excluding hydrogens is 292 g/mol. The highest BCUT2D eigenvalue weighted by atomic mass is 32.1. The molecule has 0 radical (unpaired) electrons. The van der Waals surface area contributed by atoms with Gasteiger partial charge in [0, 0.05) is 28.8 Å². The minimum Gasteiger partial charge on any atom is -0.355 e. The zero-order valence-electron chi connectivity index (χ0n) is 13.7. The minimum atomic E-state index is 0.00473. The summed E-state index contributed by atoms with van der Waals surface area (Å²) in [6.07, 6.45) is 5.69. The van der Waals surface area contributed by atoms with Gasteiger partial charge in [-0.05, 0) is 49.0 Å². The van der Waals surface area contributed by atoms with Gasteiger partial charge in [-0.1, -0.05) is 26.3 Å². The third-order valence-electron chi connectivity index (χ3n) is 5.68. The standard InChI is InChI=1S/C18H28N2OS/c1-18(2,15-7-4-8-22-15)11-20-17(21)14-9-12-5-3-6-13(10-14)16(12)19/h4,7-8,12-14,16H,3,5-6,9-11,19H2,1-2H3,(H,20,21). The van der Waals surface area contributed by atoms with Crippen molar-refractivity contribution < 1.29 is 4.79 Å². The molecule has 2 fully saturated rings. The number of fused-ring (bicyclic) bond motifs is 2. The molecule has 0 spiro atoms. The van der Waals surface area contributed by atoms with Crippen LogP contribution in [0.3, 0.4) is 0 Å². The summed E-state index contributed by atoms with van der Waals surface area (Å²) < 4.78 is 0. The maximum absolute atomic E-state index is 12.6. The molecule has 2 bridgehead atoms. The van der Waals surface area contributed by atoms with E-state index in [-0.39, 0.29) is 17.2 Å². The summed E-state index contributed by atoms with van der Waals surface area (Å²) in [4.78, 5) is 13.9. The maximum Gasteiger partial charge on any atom is 0.223 e. The summed E-state index contributed by atoms with van der Waals surface area (Å²) in [6.45, 7) is 5.11. The fraction of sp³-hybridized carbons (Fsp3) is 0.722. The highest BCUT2D eigenvalue weighted by Gasteiger charge is 2.40. The number of nitrogens with one attached hydrogen (secondary N) is 1. The van der Waals surface area contributed by atoms with E-state index < -0.39 is 0 Å². The first kappa shape index (κ1) is 16.0. The lowest BCUT2D eigenvalue weighted by Crippen LogP contribution is -2.50. The zero-order chi connectivity index (χ0) is 15.7. The Bertz CT molecular complexity index is 497. The second kappa shape index (κ2) is 6.32. The number of hydrogen-bond donors (Lipinski definition) is 2. The van der Waals surface area contributed by atoms with Crippen molar-refractivity contribution in [2.24, 2.45) is 23.5 Å². The summed E-state index contributed by atoms with van der Waals surface area (Å²) in [5.41, 5.74) is 6.33. The fourth-order valence-corrected chi connectivity index (χ4v) is 5.06. The van der Waals surface area contributed by atoms with Crippen molar-refractivity contribution in [3.63, 3.8) is 0 Å². The summed E-state index contributed by atoms with van der Waals surface area (Å²) in [5, 5.41) is 5.31. The van der Waals surface area contributed by atoms with Crippen LogP contribution in [0.1, 0.15) is 50.8 Å². The number of rotatable bonds is 4. The van der Waals surface area contributed by atoms with Gasteiger partial charge in [-0.15, -0.1) is 11.3 Å². The number of nitrogens with two attached hydrogens (primary N) is 1. The van der Waals surface area contributed by atoms with Gasteiger partial charge in [-0.2, -0.15) is 0 Å². The molecule has 1 aromatic rings. The van der Waals surface area contributed by atoms with Crippen molar-refractivity contribution in [2.75, 3.05) is 6.54 Å². The molecule has 2 saturated carbocycles. The van der Waals surface area contributed by atoms with Crippen LogP contribution in [0.25, 0.3) is 0 Å². The van der Waals surface area contributed by atoms with E-state index in [1.165, 1.54) is 24.1 Å². The molecule has 2 unspecified atom stereocenters. The van der Waals surface area contributed by atoms with Crippen molar-refractivity contribution in [1.29, 1.82) is 0 Å². The van der Waals surface area contributed by atoms with Gasteiger partial charge in [-0.25, -0.2) is 0 Å². The fourth-order valence-electron chi connectivity index (χ4n) is 4.21. The Morgan fingerprint density at radius 1 is 1.36 bits per heavy atom. The van der Waals surface area contributed by atoms with Gasteiger partial charge in [-0.3, -0.25) is 4.79 Å². The van der Waals surface area contributed by atoms with E-state index in [1.807, 2.05) is 0 Å². The van der Waals surface area contributed by atoms with Crippen molar-refractivity contribution in [3.05, 3.63) is 22.4 Å². The van der Waals surface area contributed by atoms with E-state index in [1.54, 1.807) is 11.3 Å². The Hall–Kier alpha value is -0.870. The molecule has 1 aromatic heterocycles. The maximum atomic E-state index is 12.6. The van der Waals surface area contributed by atoms with E-state index in [4.69, 9.17) is 5.73 Å². The third kappa shape index (κ3) is 3.23. The highest BCUT2D eigenvalue weighted by Crippen LogP contribution is 2.42. The summed E-state index contributed by atoms with van der Waals surface area (Å²) in [6, 6.07) is 4.56. The van der Waals surface area contributed by atoms with Crippen LogP contribution in [-0.2, 0) is 10.2 Å². The molecule has 2 aliphatic carbocycles. The van der Waals surface area contributed by atoms with Gasteiger partial charge < -0.3 is 11.1 Å². The average molecular weight is 321 g/mol. The molecule has 1 amide bonds. The van der Waals surface area contributed by atoms with Crippen LogP contribution in [0.5, 0.6) is 0 Å². The van der Waals surface area contributed by atoms with E-state index in [2.05, 4.69) is 36.7 Å². The van der Waals surface area contributed by atoms with Crippen LogP contribution in [0.2, 0.25) is 0 Å². The molecule has 2 aliphatic rings. The predicted octanol–water partition coefficient (Wildman–Crippen LogP) is 3.30. The molecule has 3 N–H and O–H groups in total. The molecule has 0 saturated heterocycles.